The summed E-state index contributed by atoms with van der Waals surface area (Å²) in [4.78, 5) is 4.48. The Hall–Kier alpha value is -2.52. The van der Waals surface area contributed by atoms with Gasteiger partial charge in [0.1, 0.15) is 5.52 Å². The van der Waals surface area contributed by atoms with E-state index in [1.54, 1.807) is 12.1 Å². The monoisotopic (exact) mass is 294 g/mol. The van der Waals surface area contributed by atoms with E-state index < -0.39 is 0 Å². The summed E-state index contributed by atoms with van der Waals surface area (Å²) in [5.74, 6) is 0.510. The lowest BCUT2D eigenvalue weighted by Gasteiger charge is -2.04. The molecule has 4 heteroatoms. The summed E-state index contributed by atoms with van der Waals surface area (Å²) < 4.78 is 5.79. The van der Waals surface area contributed by atoms with E-state index >= 15 is 0 Å². The number of halogens is 1. The average molecular weight is 295 g/mol. The highest BCUT2D eigenvalue weighted by atomic mass is 35.5. The lowest BCUT2D eigenvalue weighted by molar-refractivity contribution is 0.620. The van der Waals surface area contributed by atoms with Gasteiger partial charge in [-0.15, -0.1) is 0 Å². The van der Waals surface area contributed by atoms with Gasteiger partial charge in [0.05, 0.1) is 5.56 Å². The van der Waals surface area contributed by atoms with Gasteiger partial charge in [0.2, 0.25) is 5.89 Å². The largest absolute Gasteiger partial charge is 0.436 e. The zero-order valence-corrected chi connectivity index (χ0v) is 11.8. The van der Waals surface area contributed by atoms with Crippen molar-refractivity contribution >= 4 is 39.2 Å². The summed E-state index contributed by atoms with van der Waals surface area (Å²) in [6, 6.07) is 17.4. The second-order valence-corrected chi connectivity index (χ2v) is 5.35. The van der Waals surface area contributed by atoms with Crippen molar-refractivity contribution in [3.8, 4) is 11.5 Å². The predicted octanol–water partition coefficient (Wildman–Crippen LogP) is 4.88. The molecule has 1 aromatic heterocycles. The fourth-order valence-electron chi connectivity index (χ4n) is 2.46. The highest BCUT2D eigenvalue weighted by Gasteiger charge is 2.12. The lowest BCUT2D eigenvalue weighted by Crippen LogP contribution is -1.90. The molecule has 0 aliphatic heterocycles. The summed E-state index contributed by atoms with van der Waals surface area (Å²) in [7, 11) is 0. The standard InChI is InChI=1S/C17H11ClN2O/c18-12-5-6-16-15(9-12)20-17(21-16)13-7-10-3-1-2-4-11(10)8-14(13)19/h1-9H,19H2. The van der Waals surface area contributed by atoms with Gasteiger partial charge in [0.25, 0.3) is 0 Å². The van der Waals surface area contributed by atoms with Crippen molar-refractivity contribution in [3.63, 3.8) is 0 Å². The molecule has 0 spiro atoms. The Morgan fingerprint density at radius 1 is 0.952 bits per heavy atom. The van der Waals surface area contributed by atoms with Crippen molar-refractivity contribution in [1.82, 2.24) is 4.98 Å². The topological polar surface area (TPSA) is 52.0 Å². The number of fused-ring (bicyclic) bond motifs is 2. The molecule has 21 heavy (non-hydrogen) atoms. The van der Waals surface area contributed by atoms with Gasteiger partial charge in [-0.2, -0.15) is 0 Å². The zero-order chi connectivity index (χ0) is 14.4. The van der Waals surface area contributed by atoms with E-state index in [0.29, 0.717) is 22.2 Å². The van der Waals surface area contributed by atoms with Crippen molar-refractivity contribution < 1.29 is 4.42 Å². The van der Waals surface area contributed by atoms with Gasteiger partial charge in [-0.05, 0) is 41.1 Å². The van der Waals surface area contributed by atoms with Crippen LogP contribution >= 0.6 is 11.6 Å². The van der Waals surface area contributed by atoms with Crippen LogP contribution in [0.25, 0.3) is 33.3 Å². The van der Waals surface area contributed by atoms with Gasteiger partial charge in [0, 0.05) is 10.7 Å². The lowest BCUT2D eigenvalue weighted by atomic mass is 10.1. The van der Waals surface area contributed by atoms with Crippen LogP contribution in [-0.4, -0.2) is 4.98 Å². The number of rotatable bonds is 1. The number of hydrogen-bond donors (Lipinski definition) is 1. The van der Waals surface area contributed by atoms with Crippen molar-refractivity contribution in [2.75, 3.05) is 5.73 Å². The Bertz CT molecular complexity index is 975. The van der Waals surface area contributed by atoms with Crippen LogP contribution < -0.4 is 5.73 Å². The summed E-state index contributed by atoms with van der Waals surface area (Å²) in [6.07, 6.45) is 0. The molecule has 3 aromatic carbocycles. The molecule has 0 saturated heterocycles. The van der Waals surface area contributed by atoms with Gasteiger partial charge in [0.15, 0.2) is 5.58 Å². The van der Waals surface area contributed by atoms with Crippen LogP contribution in [0.2, 0.25) is 5.02 Å². The Morgan fingerprint density at radius 3 is 2.52 bits per heavy atom. The Kier molecular flexibility index (Phi) is 2.62. The van der Waals surface area contributed by atoms with E-state index in [4.69, 9.17) is 21.8 Å². The van der Waals surface area contributed by atoms with Crippen LogP contribution in [0.5, 0.6) is 0 Å². The molecule has 0 amide bonds. The van der Waals surface area contributed by atoms with E-state index in [-0.39, 0.29) is 0 Å². The van der Waals surface area contributed by atoms with Crippen molar-refractivity contribution in [1.29, 1.82) is 0 Å². The first-order valence-corrected chi connectivity index (χ1v) is 6.93. The molecular formula is C17H11ClN2O. The highest BCUT2D eigenvalue weighted by molar-refractivity contribution is 6.31. The quantitative estimate of drug-likeness (QED) is 0.509. The van der Waals surface area contributed by atoms with Gasteiger partial charge in [-0.3, -0.25) is 0 Å². The normalized spacial score (nSPS) is 11.3. The number of anilines is 1. The molecule has 0 bridgehead atoms. The van der Waals surface area contributed by atoms with Crippen LogP contribution in [0, 0.1) is 0 Å². The van der Waals surface area contributed by atoms with Crippen LogP contribution in [0.3, 0.4) is 0 Å². The second kappa shape index (κ2) is 4.50. The first-order valence-electron chi connectivity index (χ1n) is 6.55. The number of oxazole rings is 1. The first-order chi connectivity index (χ1) is 10.2. The number of nitrogens with zero attached hydrogens (tertiary/aromatic N) is 1. The second-order valence-electron chi connectivity index (χ2n) is 4.92. The molecule has 0 fully saturated rings. The minimum absolute atomic E-state index is 0.510. The number of aromatic nitrogens is 1. The summed E-state index contributed by atoms with van der Waals surface area (Å²) in [5, 5.41) is 2.83. The molecule has 1 heterocycles. The molecular weight excluding hydrogens is 284 g/mol. The number of nitrogen functional groups attached to an aromatic ring is 1. The molecule has 0 atom stereocenters. The van der Waals surface area contributed by atoms with E-state index in [2.05, 4.69) is 4.98 Å². The van der Waals surface area contributed by atoms with Gasteiger partial charge < -0.3 is 10.2 Å². The van der Waals surface area contributed by atoms with E-state index in [1.807, 2.05) is 42.5 Å². The fraction of sp³-hybridized carbons (Fsp3) is 0. The van der Waals surface area contributed by atoms with Crippen LogP contribution in [0.1, 0.15) is 0 Å². The molecule has 4 aromatic rings. The number of hydrogen-bond acceptors (Lipinski definition) is 3. The third-order valence-electron chi connectivity index (χ3n) is 3.50. The van der Waals surface area contributed by atoms with Crippen LogP contribution in [-0.2, 0) is 0 Å². The molecule has 4 rings (SSSR count). The number of benzene rings is 3. The summed E-state index contributed by atoms with van der Waals surface area (Å²) in [5.41, 5.74) is 9.00. The van der Waals surface area contributed by atoms with E-state index in [0.717, 1.165) is 21.9 Å². The molecule has 102 valence electrons. The minimum Gasteiger partial charge on any atom is -0.436 e. The summed E-state index contributed by atoms with van der Waals surface area (Å²) >= 11 is 5.98. The molecule has 0 aliphatic carbocycles. The van der Waals surface area contributed by atoms with E-state index in [1.165, 1.54) is 0 Å². The van der Waals surface area contributed by atoms with Crippen LogP contribution in [0.4, 0.5) is 5.69 Å². The maximum Gasteiger partial charge on any atom is 0.229 e. The fourth-order valence-corrected chi connectivity index (χ4v) is 2.63. The predicted molar refractivity (Wildman–Crippen MR) is 86.4 cm³/mol. The first kappa shape index (κ1) is 12.2. The third-order valence-corrected chi connectivity index (χ3v) is 3.73. The van der Waals surface area contributed by atoms with Crippen molar-refractivity contribution in [2.45, 2.75) is 0 Å². The van der Waals surface area contributed by atoms with Crippen molar-refractivity contribution in [3.05, 3.63) is 59.6 Å². The molecule has 0 saturated carbocycles. The van der Waals surface area contributed by atoms with Gasteiger partial charge >= 0.3 is 0 Å². The number of nitrogens with two attached hydrogens (primary N) is 1. The molecule has 0 unspecified atom stereocenters. The minimum atomic E-state index is 0.510. The SMILES string of the molecule is Nc1cc2ccccc2cc1-c1nc2cc(Cl)ccc2o1. The Balaban J connectivity index is 1.96. The Labute approximate surface area is 126 Å². The molecule has 0 aliphatic rings. The van der Waals surface area contributed by atoms with E-state index in [9.17, 15) is 0 Å². The summed E-state index contributed by atoms with van der Waals surface area (Å²) in [6.45, 7) is 0. The third kappa shape index (κ3) is 2.03. The molecule has 2 N–H and O–H groups in total. The Morgan fingerprint density at radius 2 is 1.71 bits per heavy atom. The maximum absolute atomic E-state index is 6.14. The zero-order valence-electron chi connectivity index (χ0n) is 11.0. The van der Waals surface area contributed by atoms with Gasteiger partial charge in [-0.1, -0.05) is 35.9 Å². The molecule has 0 radical (unpaired) electrons. The van der Waals surface area contributed by atoms with Crippen LogP contribution in [0.15, 0.2) is 59.0 Å². The smallest absolute Gasteiger partial charge is 0.229 e. The highest BCUT2D eigenvalue weighted by Crippen LogP contribution is 2.32. The van der Waals surface area contributed by atoms with Gasteiger partial charge in [-0.25, -0.2) is 4.98 Å². The average Bonchev–Trinajstić information content (AvgIpc) is 2.89. The van der Waals surface area contributed by atoms with Crippen molar-refractivity contribution in [2.24, 2.45) is 0 Å². The maximum atomic E-state index is 6.14. The molecule has 3 nitrogen and oxygen atoms in total.